The van der Waals surface area contributed by atoms with Gasteiger partial charge in [0.05, 0.1) is 12.7 Å². The average Bonchev–Trinajstić information content (AvgIpc) is 2.80. The Bertz CT molecular complexity index is 911. The van der Waals surface area contributed by atoms with Gasteiger partial charge in [0.25, 0.3) is 0 Å². The summed E-state index contributed by atoms with van der Waals surface area (Å²) in [5.74, 6) is 0.193. The summed E-state index contributed by atoms with van der Waals surface area (Å²) >= 11 is 0. The molecule has 2 amide bonds. The highest BCUT2D eigenvalue weighted by atomic mass is 16.5. The van der Waals surface area contributed by atoms with Crippen molar-refractivity contribution in [2.24, 2.45) is 5.92 Å². The number of ether oxygens (including phenoxy) is 1. The molecule has 1 aliphatic heterocycles. The summed E-state index contributed by atoms with van der Waals surface area (Å²) in [6, 6.07) is 17.7. The van der Waals surface area contributed by atoms with Crippen LogP contribution in [0.25, 0.3) is 0 Å². The molecule has 6 heteroatoms. The Balaban J connectivity index is 1.57. The van der Waals surface area contributed by atoms with Crippen LogP contribution in [-0.2, 0) is 20.9 Å². The van der Waals surface area contributed by atoms with Gasteiger partial charge in [0.2, 0.25) is 11.8 Å². The maximum absolute atomic E-state index is 12.7. The predicted molar refractivity (Wildman–Crippen MR) is 125 cm³/mol. The Morgan fingerprint density at radius 1 is 1.19 bits per heavy atom. The van der Waals surface area contributed by atoms with Gasteiger partial charge in [-0.1, -0.05) is 61.5 Å². The van der Waals surface area contributed by atoms with E-state index in [4.69, 9.17) is 4.74 Å². The van der Waals surface area contributed by atoms with Crippen LogP contribution in [0.3, 0.4) is 0 Å². The van der Waals surface area contributed by atoms with Gasteiger partial charge in [0.1, 0.15) is 0 Å². The first-order chi connectivity index (χ1) is 15.5. The lowest BCUT2D eigenvalue weighted by Crippen LogP contribution is -2.43. The molecule has 1 aliphatic rings. The van der Waals surface area contributed by atoms with Crippen molar-refractivity contribution < 1.29 is 19.4 Å². The average molecular weight is 437 g/mol. The monoisotopic (exact) mass is 436 g/mol. The van der Waals surface area contributed by atoms with E-state index in [1.807, 2.05) is 66.7 Å². The van der Waals surface area contributed by atoms with Gasteiger partial charge in [-0.3, -0.25) is 9.59 Å². The molecule has 0 unspecified atom stereocenters. The molecule has 2 atom stereocenters. The van der Waals surface area contributed by atoms with E-state index in [0.717, 1.165) is 23.4 Å². The number of carbonyl (C=O) groups is 2. The fourth-order valence-electron chi connectivity index (χ4n) is 3.92. The summed E-state index contributed by atoms with van der Waals surface area (Å²) < 4.78 is 5.72. The van der Waals surface area contributed by atoms with Gasteiger partial charge < -0.3 is 19.6 Å². The summed E-state index contributed by atoms with van der Waals surface area (Å²) in [5, 5.41) is 9.35. The zero-order valence-corrected chi connectivity index (χ0v) is 18.8. The number of β-lactam (4-membered cyclic amide) rings is 1. The second kappa shape index (κ2) is 11.6. The second-order valence-electron chi connectivity index (χ2n) is 8.06. The van der Waals surface area contributed by atoms with Gasteiger partial charge in [-0.05, 0) is 23.3 Å². The highest BCUT2D eigenvalue weighted by Gasteiger charge is 2.25. The second-order valence-corrected chi connectivity index (χ2v) is 8.06. The van der Waals surface area contributed by atoms with Crippen molar-refractivity contribution in [2.75, 3.05) is 31.7 Å². The van der Waals surface area contributed by atoms with E-state index >= 15 is 0 Å². The largest absolute Gasteiger partial charge is 0.395 e. The molecule has 1 fully saturated rings. The summed E-state index contributed by atoms with van der Waals surface area (Å²) in [6.07, 6.45) is 4.61. The number of rotatable bonds is 11. The fraction of sp³-hybridized carbons (Fsp3) is 0.385. The molecule has 1 heterocycles. The molecule has 0 radical (unpaired) electrons. The Hall–Kier alpha value is -2.96. The molecule has 0 aromatic heterocycles. The minimum absolute atomic E-state index is 0.0242. The first-order valence-electron chi connectivity index (χ1n) is 11.1. The number of benzene rings is 2. The van der Waals surface area contributed by atoms with E-state index in [1.165, 1.54) is 0 Å². The molecule has 0 spiro atoms. The Morgan fingerprint density at radius 3 is 2.47 bits per heavy atom. The van der Waals surface area contributed by atoms with E-state index in [9.17, 15) is 14.7 Å². The van der Waals surface area contributed by atoms with Crippen LogP contribution in [0.2, 0.25) is 0 Å². The summed E-state index contributed by atoms with van der Waals surface area (Å²) in [4.78, 5) is 27.8. The number of hydrogen-bond acceptors (Lipinski definition) is 4. The van der Waals surface area contributed by atoms with Crippen molar-refractivity contribution in [3.8, 4) is 0 Å². The van der Waals surface area contributed by atoms with Crippen LogP contribution >= 0.6 is 0 Å². The number of methoxy groups -OCH3 is 1. The molecule has 170 valence electrons. The van der Waals surface area contributed by atoms with Crippen molar-refractivity contribution in [3.05, 3.63) is 77.9 Å². The zero-order chi connectivity index (χ0) is 22.9. The zero-order valence-electron chi connectivity index (χ0n) is 18.8. The number of aliphatic hydroxyl groups excluding tert-OH is 1. The van der Waals surface area contributed by atoms with Gasteiger partial charge in [0.15, 0.2) is 0 Å². The van der Waals surface area contributed by atoms with E-state index in [0.29, 0.717) is 19.5 Å². The lowest BCUT2D eigenvalue weighted by molar-refractivity contribution is -0.131. The number of hydrogen-bond donors (Lipinski definition) is 1. The van der Waals surface area contributed by atoms with E-state index in [2.05, 4.69) is 6.92 Å². The van der Waals surface area contributed by atoms with Gasteiger partial charge in [0, 0.05) is 51.2 Å². The lowest BCUT2D eigenvalue weighted by atomic mass is 9.96. The highest BCUT2D eigenvalue weighted by Crippen LogP contribution is 2.29. The molecule has 0 bridgehead atoms. The molecule has 1 N–H and O–H groups in total. The Kier molecular flexibility index (Phi) is 8.59. The SMILES string of the molecule is CO[C@H](c1ccc(N2CCC2=O)cc1)[C@H](C)/C=C/CC(=O)N(CCO)Cc1ccccc1. The quantitative estimate of drug-likeness (QED) is 0.431. The minimum Gasteiger partial charge on any atom is -0.395 e. The molecule has 32 heavy (non-hydrogen) atoms. The molecule has 1 saturated heterocycles. The topological polar surface area (TPSA) is 70.1 Å². The van der Waals surface area contributed by atoms with Crippen molar-refractivity contribution in [2.45, 2.75) is 32.4 Å². The molecule has 0 aliphatic carbocycles. The molecule has 0 saturated carbocycles. The van der Waals surface area contributed by atoms with E-state index in [1.54, 1.807) is 16.9 Å². The number of carbonyl (C=O) groups excluding carboxylic acids is 2. The summed E-state index contributed by atoms with van der Waals surface area (Å²) in [5.41, 5.74) is 2.98. The van der Waals surface area contributed by atoms with E-state index < -0.39 is 0 Å². The van der Waals surface area contributed by atoms with Gasteiger partial charge >= 0.3 is 0 Å². The molecule has 2 aromatic carbocycles. The Morgan fingerprint density at radius 2 is 1.91 bits per heavy atom. The summed E-state index contributed by atoms with van der Waals surface area (Å²) in [6.45, 7) is 3.55. The number of amides is 2. The van der Waals surface area contributed by atoms with Crippen molar-refractivity contribution >= 4 is 17.5 Å². The fourth-order valence-corrected chi connectivity index (χ4v) is 3.92. The van der Waals surface area contributed by atoms with Gasteiger partial charge in [-0.25, -0.2) is 0 Å². The van der Waals surface area contributed by atoms with Crippen LogP contribution in [0.5, 0.6) is 0 Å². The normalized spacial score (nSPS) is 15.5. The third-order valence-electron chi connectivity index (χ3n) is 5.79. The van der Waals surface area contributed by atoms with Crippen LogP contribution in [0.4, 0.5) is 5.69 Å². The maximum Gasteiger partial charge on any atom is 0.228 e. The molecule has 3 rings (SSSR count). The van der Waals surface area contributed by atoms with E-state index in [-0.39, 0.29) is 36.9 Å². The maximum atomic E-state index is 12.7. The first kappa shape index (κ1) is 23.7. The minimum atomic E-state index is -0.152. The molecular formula is C26H32N2O4. The van der Waals surface area contributed by atoms with Gasteiger partial charge in [-0.2, -0.15) is 0 Å². The molecular weight excluding hydrogens is 404 g/mol. The number of nitrogens with zero attached hydrogens (tertiary/aromatic N) is 2. The lowest BCUT2D eigenvalue weighted by Gasteiger charge is -2.31. The number of aliphatic hydroxyl groups is 1. The summed E-state index contributed by atoms with van der Waals surface area (Å²) in [7, 11) is 1.68. The number of anilines is 1. The smallest absolute Gasteiger partial charge is 0.228 e. The standard InChI is InChI=1S/C26H32N2O4/c1-20(26(32-2)22-11-13-23(14-12-22)28-16-15-25(28)31)7-6-10-24(30)27(17-18-29)19-21-8-4-3-5-9-21/h3-9,11-14,20,26,29H,10,15-19H2,1-2H3/b7-6+/t20-,26+/m1/s1. The van der Waals surface area contributed by atoms with Crippen LogP contribution in [-0.4, -0.2) is 48.6 Å². The molecule has 2 aromatic rings. The van der Waals surface area contributed by atoms with Crippen LogP contribution in [0.1, 0.15) is 37.0 Å². The van der Waals surface area contributed by atoms with Gasteiger partial charge in [-0.15, -0.1) is 0 Å². The Labute approximate surface area is 190 Å². The third-order valence-corrected chi connectivity index (χ3v) is 5.79. The van der Waals surface area contributed by atoms with Crippen molar-refractivity contribution in [1.82, 2.24) is 4.90 Å². The highest BCUT2D eigenvalue weighted by molar-refractivity contribution is 5.99. The van der Waals surface area contributed by atoms with Crippen LogP contribution in [0, 0.1) is 5.92 Å². The first-order valence-corrected chi connectivity index (χ1v) is 11.1. The third kappa shape index (κ3) is 6.05. The van der Waals surface area contributed by atoms with Crippen molar-refractivity contribution in [3.63, 3.8) is 0 Å². The predicted octanol–water partition coefficient (Wildman–Crippen LogP) is 3.71. The van der Waals surface area contributed by atoms with Crippen LogP contribution in [0.15, 0.2) is 66.7 Å². The van der Waals surface area contributed by atoms with Crippen LogP contribution < -0.4 is 4.90 Å². The molecule has 6 nitrogen and oxygen atoms in total. The van der Waals surface area contributed by atoms with Crippen molar-refractivity contribution in [1.29, 1.82) is 0 Å².